The van der Waals surface area contributed by atoms with Crippen molar-refractivity contribution in [1.29, 1.82) is 0 Å². The van der Waals surface area contributed by atoms with Crippen molar-refractivity contribution in [1.82, 2.24) is 0 Å². The molecule has 0 N–H and O–H groups in total. The van der Waals surface area contributed by atoms with Crippen molar-refractivity contribution < 1.29 is 4.74 Å². The molecule has 1 aliphatic carbocycles. The van der Waals surface area contributed by atoms with E-state index in [1.165, 1.54) is 30.6 Å². The number of benzene rings is 1. The molecule has 2 rings (SSSR count). The van der Waals surface area contributed by atoms with Crippen LogP contribution in [0.15, 0.2) is 42.2 Å². The summed E-state index contributed by atoms with van der Waals surface area (Å²) in [7, 11) is 0. The highest BCUT2D eigenvalue weighted by Gasteiger charge is 2.21. The fraction of sp³-hybridized carbons (Fsp3) is 0.529. The van der Waals surface area contributed by atoms with Crippen LogP contribution >= 0.6 is 0 Å². The van der Waals surface area contributed by atoms with E-state index in [4.69, 9.17) is 4.74 Å². The maximum atomic E-state index is 5.94. The molecule has 1 nitrogen and oxygen atoms in total. The molecule has 0 aliphatic heterocycles. The lowest BCUT2D eigenvalue weighted by Crippen LogP contribution is -2.18. The van der Waals surface area contributed by atoms with Gasteiger partial charge >= 0.3 is 0 Å². The Morgan fingerprint density at radius 2 is 1.89 bits per heavy atom. The molecule has 0 amide bonds. The third-order valence-corrected chi connectivity index (χ3v) is 3.29. The predicted molar refractivity (Wildman–Crippen MR) is 76.4 cm³/mol. The first-order chi connectivity index (χ1) is 8.53. The normalized spacial score (nSPS) is 19.7. The Morgan fingerprint density at radius 3 is 2.56 bits per heavy atom. The second-order valence-corrected chi connectivity index (χ2v) is 6.21. The molecule has 98 valence electrons. The van der Waals surface area contributed by atoms with Crippen LogP contribution < -0.4 is 0 Å². The third-order valence-electron chi connectivity index (χ3n) is 3.29. The summed E-state index contributed by atoms with van der Waals surface area (Å²) in [5, 5.41) is 0. The molecule has 0 aromatic heterocycles. The van der Waals surface area contributed by atoms with Crippen LogP contribution in [0.1, 0.15) is 45.6 Å². The molecule has 1 atom stereocenters. The van der Waals surface area contributed by atoms with E-state index in [0.717, 1.165) is 12.3 Å². The molecule has 1 aromatic rings. The van der Waals surface area contributed by atoms with Crippen molar-refractivity contribution in [2.45, 2.75) is 52.1 Å². The first-order valence-electron chi connectivity index (χ1n) is 6.95. The van der Waals surface area contributed by atoms with Crippen LogP contribution in [0.2, 0.25) is 0 Å². The van der Waals surface area contributed by atoms with E-state index < -0.39 is 0 Å². The minimum Gasteiger partial charge on any atom is -0.493 e. The van der Waals surface area contributed by atoms with Crippen LogP contribution in [0.4, 0.5) is 0 Å². The van der Waals surface area contributed by atoms with Gasteiger partial charge in [0.05, 0.1) is 5.76 Å². The van der Waals surface area contributed by atoms with Gasteiger partial charge in [-0.2, -0.15) is 0 Å². The van der Waals surface area contributed by atoms with Crippen LogP contribution in [0, 0.1) is 5.92 Å². The Bertz CT molecular complexity index is 397. The number of aryl methyl sites for hydroxylation is 1. The molecule has 1 aromatic carbocycles. The second-order valence-electron chi connectivity index (χ2n) is 6.21. The SMILES string of the molecule is CC(C)(C)OC1=CCC(CCc2ccccc2)C1. The summed E-state index contributed by atoms with van der Waals surface area (Å²) in [4.78, 5) is 0. The molecule has 0 bridgehead atoms. The summed E-state index contributed by atoms with van der Waals surface area (Å²) in [6.45, 7) is 6.35. The summed E-state index contributed by atoms with van der Waals surface area (Å²) in [6, 6.07) is 10.8. The number of rotatable bonds is 4. The number of ether oxygens (including phenoxy) is 1. The molecule has 18 heavy (non-hydrogen) atoms. The lowest BCUT2D eigenvalue weighted by molar-refractivity contribution is 0.0467. The van der Waals surface area contributed by atoms with E-state index in [9.17, 15) is 0 Å². The fourth-order valence-electron chi connectivity index (χ4n) is 2.46. The van der Waals surface area contributed by atoms with Gasteiger partial charge in [0.25, 0.3) is 0 Å². The molecular formula is C17H24O. The summed E-state index contributed by atoms with van der Waals surface area (Å²) in [6.07, 6.45) is 7.02. The molecule has 0 fully saturated rings. The second kappa shape index (κ2) is 5.60. The minimum atomic E-state index is -0.0554. The summed E-state index contributed by atoms with van der Waals surface area (Å²) in [5.74, 6) is 1.96. The van der Waals surface area contributed by atoms with E-state index in [-0.39, 0.29) is 5.60 Å². The maximum absolute atomic E-state index is 5.94. The molecule has 0 saturated carbocycles. The number of hydrogen-bond acceptors (Lipinski definition) is 1. The zero-order valence-corrected chi connectivity index (χ0v) is 11.8. The molecule has 1 aliphatic rings. The Morgan fingerprint density at radius 1 is 1.17 bits per heavy atom. The van der Waals surface area contributed by atoms with Crippen LogP contribution in [0.5, 0.6) is 0 Å². The molecule has 0 spiro atoms. The van der Waals surface area contributed by atoms with Gasteiger partial charge in [-0.1, -0.05) is 30.3 Å². The lowest BCUT2D eigenvalue weighted by atomic mass is 9.97. The topological polar surface area (TPSA) is 9.23 Å². The van der Waals surface area contributed by atoms with E-state index in [1.807, 2.05) is 0 Å². The Kier molecular flexibility index (Phi) is 4.11. The van der Waals surface area contributed by atoms with Crippen LogP contribution in [0.25, 0.3) is 0 Å². The highest BCUT2D eigenvalue weighted by molar-refractivity contribution is 5.15. The molecule has 1 unspecified atom stereocenters. The number of hydrogen-bond donors (Lipinski definition) is 0. The lowest BCUT2D eigenvalue weighted by Gasteiger charge is -2.22. The van der Waals surface area contributed by atoms with Gasteiger partial charge in [0.1, 0.15) is 5.60 Å². The van der Waals surface area contributed by atoms with Crippen molar-refractivity contribution >= 4 is 0 Å². The Hall–Kier alpha value is -1.24. The fourth-order valence-corrected chi connectivity index (χ4v) is 2.46. The predicted octanol–water partition coefficient (Wildman–Crippen LogP) is 4.73. The monoisotopic (exact) mass is 244 g/mol. The molecule has 0 heterocycles. The molecule has 1 heteroatoms. The van der Waals surface area contributed by atoms with E-state index in [1.54, 1.807) is 0 Å². The first kappa shape index (κ1) is 13.2. The average molecular weight is 244 g/mol. The van der Waals surface area contributed by atoms with Gasteiger partial charge in [0.15, 0.2) is 0 Å². The quantitative estimate of drug-likeness (QED) is 0.744. The van der Waals surface area contributed by atoms with Gasteiger partial charge in [-0.3, -0.25) is 0 Å². The van der Waals surface area contributed by atoms with Crippen LogP contribution in [-0.4, -0.2) is 5.60 Å². The first-order valence-corrected chi connectivity index (χ1v) is 6.95. The molecule has 0 saturated heterocycles. The van der Waals surface area contributed by atoms with Crippen molar-refractivity contribution in [3.63, 3.8) is 0 Å². The van der Waals surface area contributed by atoms with Gasteiger partial charge in [-0.25, -0.2) is 0 Å². The standard InChI is InChI=1S/C17H24O/c1-17(2,3)18-16-12-11-15(13-16)10-9-14-7-5-4-6-8-14/h4-8,12,15H,9-11,13H2,1-3H3. The summed E-state index contributed by atoms with van der Waals surface area (Å²) in [5.41, 5.74) is 1.39. The zero-order valence-electron chi connectivity index (χ0n) is 11.8. The van der Waals surface area contributed by atoms with Gasteiger partial charge in [0, 0.05) is 6.42 Å². The van der Waals surface area contributed by atoms with Crippen molar-refractivity contribution in [2.75, 3.05) is 0 Å². The van der Waals surface area contributed by atoms with Crippen LogP contribution in [0.3, 0.4) is 0 Å². The number of allylic oxidation sites excluding steroid dienone is 2. The highest BCUT2D eigenvalue weighted by atomic mass is 16.5. The third kappa shape index (κ3) is 4.21. The van der Waals surface area contributed by atoms with Gasteiger partial charge < -0.3 is 4.74 Å². The maximum Gasteiger partial charge on any atom is 0.100 e. The molecular weight excluding hydrogens is 220 g/mol. The van der Waals surface area contributed by atoms with E-state index in [0.29, 0.717) is 0 Å². The van der Waals surface area contributed by atoms with E-state index in [2.05, 4.69) is 57.2 Å². The highest BCUT2D eigenvalue weighted by Crippen LogP contribution is 2.31. The Balaban J connectivity index is 1.75. The van der Waals surface area contributed by atoms with Gasteiger partial charge in [0.2, 0.25) is 0 Å². The smallest absolute Gasteiger partial charge is 0.100 e. The summed E-state index contributed by atoms with van der Waals surface area (Å²) < 4.78 is 5.94. The largest absolute Gasteiger partial charge is 0.493 e. The van der Waals surface area contributed by atoms with Gasteiger partial charge in [-0.15, -0.1) is 0 Å². The van der Waals surface area contributed by atoms with Crippen molar-refractivity contribution in [3.05, 3.63) is 47.7 Å². The summed E-state index contributed by atoms with van der Waals surface area (Å²) >= 11 is 0. The van der Waals surface area contributed by atoms with E-state index >= 15 is 0 Å². The minimum absolute atomic E-state index is 0.0554. The molecule has 0 radical (unpaired) electrons. The van der Waals surface area contributed by atoms with Gasteiger partial charge in [-0.05, 0) is 57.6 Å². The van der Waals surface area contributed by atoms with Crippen LogP contribution in [-0.2, 0) is 11.2 Å². The zero-order chi connectivity index (χ0) is 13.0. The Labute approximate surface area is 111 Å². The van der Waals surface area contributed by atoms with Crippen molar-refractivity contribution in [2.24, 2.45) is 5.92 Å². The average Bonchev–Trinajstić information content (AvgIpc) is 2.73. The van der Waals surface area contributed by atoms with Crippen molar-refractivity contribution in [3.8, 4) is 0 Å².